The molecule has 4 heteroatoms. The van der Waals surface area contributed by atoms with E-state index in [1.165, 1.54) is 39.3 Å². The van der Waals surface area contributed by atoms with Crippen LogP contribution in [0.1, 0.15) is 28.7 Å². The zero-order chi connectivity index (χ0) is 15.1. The van der Waals surface area contributed by atoms with Gasteiger partial charge in [0.25, 0.3) is 0 Å². The molecule has 0 saturated carbocycles. The summed E-state index contributed by atoms with van der Waals surface area (Å²) >= 11 is 0. The molecule has 138 valence electrons. The predicted molar refractivity (Wildman–Crippen MR) is 102 cm³/mol. The molecule has 4 heterocycles. The van der Waals surface area contributed by atoms with Gasteiger partial charge < -0.3 is 20.0 Å². The molecule has 0 aromatic carbocycles. The van der Waals surface area contributed by atoms with Crippen molar-refractivity contribution in [2.45, 2.75) is 40.8 Å². The quantitative estimate of drug-likeness (QED) is 0.734. The lowest BCUT2D eigenvalue weighted by molar-refractivity contribution is 0.257. The van der Waals surface area contributed by atoms with Gasteiger partial charge >= 0.3 is 0 Å². The van der Waals surface area contributed by atoms with E-state index in [-0.39, 0.29) is 14.9 Å². The second-order valence-corrected chi connectivity index (χ2v) is 8.17. The minimum atomic E-state index is 0. The Kier molecular flexibility index (Phi) is 7.52. The monoisotopic (exact) mass is 326 g/mol. The first kappa shape index (κ1) is 20.9. The van der Waals surface area contributed by atoms with Crippen molar-refractivity contribution in [1.82, 2.24) is 20.0 Å². The molecule has 4 rings (SSSR count). The Hall–Kier alpha value is -0.160. The Morgan fingerprint density at radius 2 is 1.30 bits per heavy atom. The van der Waals surface area contributed by atoms with E-state index >= 15 is 0 Å². The minimum absolute atomic E-state index is 0. The maximum atomic E-state index is 3.52. The van der Waals surface area contributed by atoms with Crippen LogP contribution < -0.4 is 5.32 Å². The maximum Gasteiger partial charge on any atom is 0.0108 e. The standard InChI is InChI=1S/C9H18N2.C8H16N2.2CH4/c1-7-9-6-10(2)4-8(9)5-11(7)3;1-6-8-5-10(2)4-7(8)3-9-6;;/h7-9H,4-6H2,1-3H3;6-9H,3-5H2,1-2H3;2*1H4/t7-,8+,9-;6-,7-,8-;;/m00../s1. The molecule has 0 aromatic rings. The molecule has 6 atom stereocenters. The Labute approximate surface area is 145 Å². The number of fused-ring (bicyclic) bond motifs is 2. The van der Waals surface area contributed by atoms with Crippen LogP contribution in [0.15, 0.2) is 0 Å². The Morgan fingerprint density at radius 1 is 0.739 bits per heavy atom. The van der Waals surface area contributed by atoms with Gasteiger partial charge in [0.05, 0.1) is 0 Å². The minimum Gasteiger partial charge on any atom is -0.314 e. The average Bonchev–Trinajstić information content (AvgIpc) is 3.11. The molecule has 1 N–H and O–H groups in total. The third-order valence-corrected chi connectivity index (χ3v) is 6.53. The fourth-order valence-corrected chi connectivity index (χ4v) is 5.11. The van der Waals surface area contributed by atoms with Gasteiger partial charge in [-0.2, -0.15) is 0 Å². The first-order valence-corrected chi connectivity index (χ1v) is 8.76. The molecule has 4 nitrogen and oxygen atoms in total. The van der Waals surface area contributed by atoms with Crippen molar-refractivity contribution in [1.29, 1.82) is 0 Å². The molecule has 0 spiro atoms. The summed E-state index contributed by atoms with van der Waals surface area (Å²) in [6.45, 7) is 12.5. The van der Waals surface area contributed by atoms with E-state index in [0.29, 0.717) is 0 Å². The molecule has 0 aliphatic carbocycles. The van der Waals surface area contributed by atoms with Gasteiger partial charge in [-0.1, -0.05) is 14.9 Å². The van der Waals surface area contributed by atoms with Crippen molar-refractivity contribution in [2.75, 3.05) is 60.4 Å². The summed E-state index contributed by atoms with van der Waals surface area (Å²) in [5.41, 5.74) is 0. The van der Waals surface area contributed by atoms with Gasteiger partial charge in [0.15, 0.2) is 0 Å². The topological polar surface area (TPSA) is 21.8 Å². The summed E-state index contributed by atoms with van der Waals surface area (Å²) in [5, 5.41) is 3.52. The van der Waals surface area contributed by atoms with E-state index in [9.17, 15) is 0 Å². The van der Waals surface area contributed by atoms with Gasteiger partial charge in [0.1, 0.15) is 0 Å². The fraction of sp³-hybridized carbons (Fsp3) is 1.00. The molecule has 0 bridgehead atoms. The number of likely N-dealkylation sites (tertiary alicyclic amines) is 3. The highest BCUT2D eigenvalue weighted by molar-refractivity contribution is 4.96. The second kappa shape index (κ2) is 8.28. The molecule has 0 unspecified atom stereocenters. The van der Waals surface area contributed by atoms with Gasteiger partial charge in [-0.15, -0.1) is 0 Å². The average molecular weight is 327 g/mol. The van der Waals surface area contributed by atoms with Crippen LogP contribution in [0, 0.1) is 23.7 Å². The van der Waals surface area contributed by atoms with Gasteiger partial charge in [0.2, 0.25) is 0 Å². The maximum absolute atomic E-state index is 3.52. The van der Waals surface area contributed by atoms with Crippen molar-refractivity contribution in [3.05, 3.63) is 0 Å². The SMILES string of the molecule is C.C.C[C@@H]1NC[C@H]2CN(C)C[C@H]21.C[C@H]1[C@@H]2CN(C)C[C@@H]2CN1C. The summed E-state index contributed by atoms with van der Waals surface area (Å²) in [7, 11) is 6.72. The molecule has 4 aliphatic heterocycles. The predicted octanol–water partition coefficient (Wildman–Crippen LogP) is 1.93. The molecule has 4 fully saturated rings. The smallest absolute Gasteiger partial charge is 0.0108 e. The lowest BCUT2D eigenvalue weighted by Crippen LogP contribution is -2.30. The number of nitrogens with zero attached hydrogens (tertiary/aromatic N) is 3. The van der Waals surface area contributed by atoms with Gasteiger partial charge in [0, 0.05) is 44.8 Å². The molecular weight excluding hydrogens is 284 g/mol. The largest absolute Gasteiger partial charge is 0.314 e. The summed E-state index contributed by atoms with van der Waals surface area (Å²) < 4.78 is 0. The number of hydrogen-bond acceptors (Lipinski definition) is 4. The van der Waals surface area contributed by atoms with E-state index in [1.54, 1.807) is 0 Å². The van der Waals surface area contributed by atoms with Gasteiger partial charge in [-0.25, -0.2) is 0 Å². The van der Waals surface area contributed by atoms with Crippen LogP contribution in [0.25, 0.3) is 0 Å². The van der Waals surface area contributed by atoms with E-state index in [2.05, 4.69) is 55.0 Å². The summed E-state index contributed by atoms with van der Waals surface area (Å²) in [5.74, 6) is 3.79. The number of hydrogen-bond donors (Lipinski definition) is 1. The Balaban J connectivity index is 0.000000212. The van der Waals surface area contributed by atoms with Crippen molar-refractivity contribution >= 4 is 0 Å². The van der Waals surface area contributed by atoms with E-state index in [1.807, 2.05) is 0 Å². The molecule has 23 heavy (non-hydrogen) atoms. The molecule has 4 aliphatic rings. The second-order valence-electron chi connectivity index (χ2n) is 8.17. The lowest BCUT2D eigenvalue weighted by Gasteiger charge is -2.20. The van der Waals surface area contributed by atoms with Crippen molar-refractivity contribution in [2.24, 2.45) is 23.7 Å². The molecular formula is C19H42N4. The molecule has 0 aromatic heterocycles. The Bertz CT molecular complexity index is 361. The van der Waals surface area contributed by atoms with Crippen LogP contribution in [-0.4, -0.2) is 87.2 Å². The van der Waals surface area contributed by atoms with Crippen molar-refractivity contribution in [3.8, 4) is 0 Å². The van der Waals surface area contributed by atoms with E-state index < -0.39 is 0 Å². The summed E-state index contributed by atoms with van der Waals surface area (Å²) in [6.07, 6.45) is 0. The van der Waals surface area contributed by atoms with Crippen LogP contribution in [0.5, 0.6) is 0 Å². The third kappa shape index (κ3) is 4.28. The van der Waals surface area contributed by atoms with Gasteiger partial charge in [-0.05, 0) is 65.2 Å². The third-order valence-electron chi connectivity index (χ3n) is 6.53. The van der Waals surface area contributed by atoms with E-state index in [0.717, 1.165) is 35.8 Å². The highest BCUT2D eigenvalue weighted by atomic mass is 15.2. The number of rotatable bonds is 0. The molecule has 0 radical (unpaired) electrons. The zero-order valence-corrected chi connectivity index (χ0v) is 14.5. The summed E-state index contributed by atoms with van der Waals surface area (Å²) in [4.78, 5) is 7.42. The van der Waals surface area contributed by atoms with Crippen molar-refractivity contribution < 1.29 is 0 Å². The highest BCUT2D eigenvalue weighted by Crippen LogP contribution is 2.34. The van der Waals surface area contributed by atoms with Crippen LogP contribution in [0.4, 0.5) is 0 Å². The van der Waals surface area contributed by atoms with Crippen LogP contribution in [-0.2, 0) is 0 Å². The fourth-order valence-electron chi connectivity index (χ4n) is 5.11. The van der Waals surface area contributed by atoms with Gasteiger partial charge in [-0.3, -0.25) is 0 Å². The zero-order valence-electron chi connectivity index (χ0n) is 14.5. The number of nitrogens with one attached hydrogen (secondary N) is 1. The van der Waals surface area contributed by atoms with Crippen LogP contribution in [0.2, 0.25) is 0 Å². The molecule has 0 amide bonds. The first-order chi connectivity index (χ1) is 9.95. The Morgan fingerprint density at radius 3 is 1.87 bits per heavy atom. The summed E-state index contributed by atoms with van der Waals surface area (Å²) in [6, 6.07) is 1.57. The first-order valence-electron chi connectivity index (χ1n) is 8.76. The lowest BCUT2D eigenvalue weighted by atomic mass is 9.95. The van der Waals surface area contributed by atoms with Crippen LogP contribution >= 0.6 is 0 Å². The highest BCUT2D eigenvalue weighted by Gasteiger charge is 2.42. The van der Waals surface area contributed by atoms with E-state index in [4.69, 9.17) is 0 Å². The van der Waals surface area contributed by atoms with Crippen LogP contribution in [0.3, 0.4) is 0 Å². The normalized spacial score (nSPS) is 43.2. The molecule has 4 saturated heterocycles. The van der Waals surface area contributed by atoms with Crippen molar-refractivity contribution in [3.63, 3.8) is 0 Å².